The number of hydrogen-bond acceptors (Lipinski definition) is 4. The molecule has 0 aliphatic rings. The molecule has 1 rings (SSSR count). The Balaban J connectivity index is 2.85. The van der Waals surface area contributed by atoms with Gasteiger partial charge >= 0.3 is 5.97 Å². The highest BCUT2D eigenvalue weighted by Crippen LogP contribution is 2.20. The number of aromatic carboxylic acids is 1. The molecule has 0 amide bonds. The van der Waals surface area contributed by atoms with Crippen molar-refractivity contribution in [2.45, 2.75) is 19.9 Å². The van der Waals surface area contributed by atoms with Crippen LogP contribution in [0.3, 0.4) is 0 Å². The molecule has 0 radical (unpaired) electrons. The molecule has 13 heavy (non-hydrogen) atoms. The lowest BCUT2D eigenvalue weighted by Crippen LogP contribution is -2.25. The Kier molecular flexibility index (Phi) is 2.87. The molecule has 72 valence electrons. The Morgan fingerprint density at radius 2 is 2.31 bits per heavy atom. The standard InChI is InChI=1S/C8H12N2O2S/c1-5(2)10(3)8-9-6(4-13-8)7(11)12/h4-5H,1-3H3,(H,11,12). The van der Waals surface area contributed by atoms with Crippen LogP contribution in [0.15, 0.2) is 5.38 Å². The number of carboxylic acid groups (broad SMARTS) is 1. The first-order valence-corrected chi connectivity index (χ1v) is 4.82. The number of carboxylic acids is 1. The molecular formula is C8H12N2O2S. The van der Waals surface area contributed by atoms with Crippen LogP contribution >= 0.6 is 11.3 Å². The van der Waals surface area contributed by atoms with E-state index in [9.17, 15) is 4.79 Å². The van der Waals surface area contributed by atoms with Crippen molar-refractivity contribution in [1.82, 2.24) is 4.98 Å². The Morgan fingerprint density at radius 3 is 2.69 bits per heavy atom. The molecule has 0 aliphatic carbocycles. The molecule has 0 atom stereocenters. The maximum absolute atomic E-state index is 10.5. The van der Waals surface area contributed by atoms with E-state index >= 15 is 0 Å². The number of hydrogen-bond donors (Lipinski definition) is 1. The summed E-state index contributed by atoms with van der Waals surface area (Å²) < 4.78 is 0. The molecule has 0 aliphatic heterocycles. The van der Waals surface area contributed by atoms with E-state index in [1.807, 2.05) is 25.8 Å². The van der Waals surface area contributed by atoms with E-state index in [2.05, 4.69) is 4.98 Å². The molecule has 0 spiro atoms. The summed E-state index contributed by atoms with van der Waals surface area (Å²) in [6, 6.07) is 0.327. The lowest BCUT2D eigenvalue weighted by Gasteiger charge is -2.19. The number of thiazole rings is 1. The van der Waals surface area contributed by atoms with E-state index in [4.69, 9.17) is 5.11 Å². The van der Waals surface area contributed by atoms with Crippen molar-refractivity contribution in [1.29, 1.82) is 0 Å². The van der Waals surface area contributed by atoms with Gasteiger partial charge in [0, 0.05) is 18.5 Å². The third kappa shape index (κ3) is 2.18. The monoisotopic (exact) mass is 200 g/mol. The fraction of sp³-hybridized carbons (Fsp3) is 0.500. The first-order chi connectivity index (χ1) is 6.02. The molecule has 0 saturated carbocycles. The number of nitrogens with zero attached hydrogens (tertiary/aromatic N) is 2. The van der Waals surface area contributed by atoms with E-state index < -0.39 is 5.97 Å². The van der Waals surface area contributed by atoms with Crippen LogP contribution in [0.1, 0.15) is 24.3 Å². The fourth-order valence-electron chi connectivity index (χ4n) is 0.745. The topological polar surface area (TPSA) is 53.4 Å². The van der Waals surface area contributed by atoms with Crippen LogP contribution in [-0.4, -0.2) is 29.1 Å². The predicted octanol–water partition coefficient (Wildman–Crippen LogP) is 1.69. The smallest absolute Gasteiger partial charge is 0.355 e. The number of anilines is 1. The van der Waals surface area contributed by atoms with Gasteiger partial charge in [-0.2, -0.15) is 0 Å². The first kappa shape index (κ1) is 9.98. The summed E-state index contributed by atoms with van der Waals surface area (Å²) in [5, 5.41) is 10.9. The summed E-state index contributed by atoms with van der Waals surface area (Å²) in [5.41, 5.74) is 0.118. The van der Waals surface area contributed by atoms with E-state index in [0.717, 1.165) is 5.13 Å². The minimum atomic E-state index is -0.973. The summed E-state index contributed by atoms with van der Waals surface area (Å²) in [6.07, 6.45) is 0. The number of carbonyl (C=O) groups is 1. The van der Waals surface area contributed by atoms with Crippen LogP contribution in [-0.2, 0) is 0 Å². The number of aromatic nitrogens is 1. The van der Waals surface area contributed by atoms with Gasteiger partial charge in [0.1, 0.15) is 0 Å². The first-order valence-electron chi connectivity index (χ1n) is 3.94. The second-order valence-corrected chi connectivity index (χ2v) is 3.86. The zero-order valence-corrected chi connectivity index (χ0v) is 8.63. The molecule has 1 aromatic heterocycles. The van der Waals surface area contributed by atoms with Gasteiger partial charge in [-0.1, -0.05) is 0 Å². The SMILES string of the molecule is CC(C)N(C)c1nc(C(=O)O)cs1. The summed E-state index contributed by atoms with van der Waals surface area (Å²) in [5.74, 6) is -0.973. The Bertz CT molecular complexity index is 309. The molecule has 0 aromatic carbocycles. The van der Waals surface area contributed by atoms with Crippen LogP contribution in [0.4, 0.5) is 5.13 Å². The van der Waals surface area contributed by atoms with Gasteiger partial charge in [-0.25, -0.2) is 9.78 Å². The van der Waals surface area contributed by atoms with Gasteiger partial charge < -0.3 is 10.0 Å². The van der Waals surface area contributed by atoms with Gasteiger partial charge in [0.15, 0.2) is 10.8 Å². The average Bonchev–Trinajstić information content (AvgIpc) is 2.50. The quantitative estimate of drug-likeness (QED) is 0.806. The molecule has 1 N–H and O–H groups in total. The van der Waals surface area contributed by atoms with Crippen molar-refractivity contribution in [3.05, 3.63) is 11.1 Å². The van der Waals surface area contributed by atoms with Crippen molar-refractivity contribution in [3.63, 3.8) is 0 Å². The number of rotatable bonds is 3. The van der Waals surface area contributed by atoms with Crippen LogP contribution < -0.4 is 4.90 Å². The summed E-state index contributed by atoms with van der Waals surface area (Å²) in [6.45, 7) is 4.06. The fourth-order valence-corrected chi connectivity index (χ4v) is 1.64. The molecule has 1 aromatic rings. The van der Waals surface area contributed by atoms with Gasteiger partial charge in [-0.3, -0.25) is 0 Å². The van der Waals surface area contributed by atoms with E-state index in [1.54, 1.807) is 5.38 Å². The van der Waals surface area contributed by atoms with Crippen LogP contribution in [0.5, 0.6) is 0 Å². The highest BCUT2D eigenvalue weighted by atomic mass is 32.1. The molecule has 0 saturated heterocycles. The molecular weight excluding hydrogens is 188 g/mol. The largest absolute Gasteiger partial charge is 0.476 e. The predicted molar refractivity (Wildman–Crippen MR) is 52.6 cm³/mol. The molecule has 5 heteroatoms. The van der Waals surface area contributed by atoms with Gasteiger partial charge in [0.25, 0.3) is 0 Å². The minimum Gasteiger partial charge on any atom is -0.476 e. The summed E-state index contributed by atoms with van der Waals surface area (Å²) >= 11 is 1.35. The Hall–Kier alpha value is -1.10. The van der Waals surface area contributed by atoms with Crippen LogP contribution in [0.2, 0.25) is 0 Å². The third-order valence-electron chi connectivity index (χ3n) is 1.79. The molecule has 4 nitrogen and oxygen atoms in total. The summed E-state index contributed by atoms with van der Waals surface area (Å²) in [7, 11) is 1.90. The molecule has 0 bridgehead atoms. The average molecular weight is 200 g/mol. The van der Waals surface area contributed by atoms with Crippen molar-refractivity contribution in [3.8, 4) is 0 Å². The van der Waals surface area contributed by atoms with Crippen molar-refractivity contribution in [2.24, 2.45) is 0 Å². The van der Waals surface area contributed by atoms with Crippen LogP contribution in [0, 0.1) is 0 Å². The Morgan fingerprint density at radius 1 is 1.69 bits per heavy atom. The van der Waals surface area contributed by atoms with Gasteiger partial charge in [0.05, 0.1) is 0 Å². The van der Waals surface area contributed by atoms with Gasteiger partial charge in [-0.05, 0) is 13.8 Å². The Labute approximate surface area is 80.8 Å². The third-order valence-corrected chi connectivity index (χ3v) is 2.72. The molecule has 0 fully saturated rings. The highest BCUT2D eigenvalue weighted by Gasteiger charge is 2.12. The summed E-state index contributed by atoms with van der Waals surface area (Å²) in [4.78, 5) is 16.4. The van der Waals surface area contributed by atoms with Gasteiger partial charge in [0.2, 0.25) is 0 Å². The van der Waals surface area contributed by atoms with E-state index in [1.165, 1.54) is 11.3 Å². The van der Waals surface area contributed by atoms with Gasteiger partial charge in [-0.15, -0.1) is 11.3 Å². The van der Waals surface area contributed by atoms with Crippen LogP contribution in [0.25, 0.3) is 0 Å². The second kappa shape index (κ2) is 3.74. The van der Waals surface area contributed by atoms with E-state index in [0.29, 0.717) is 6.04 Å². The molecule has 0 unspecified atom stereocenters. The van der Waals surface area contributed by atoms with Crippen molar-refractivity contribution >= 4 is 22.4 Å². The second-order valence-electron chi connectivity index (χ2n) is 3.03. The zero-order chi connectivity index (χ0) is 10.0. The lowest BCUT2D eigenvalue weighted by molar-refractivity contribution is 0.0691. The normalized spacial score (nSPS) is 10.5. The van der Waals surface area contributed by atoms with Crippen molar-refractivity contribution in [2.75, 3.05) is 11.9 Å². The highest BCUT2D eigenvalue weighted by molar-refractivity contribution is 7.13. The van der Waals surface area contributed by atoms with Crippen molar-refractivity contribution < 1.29 is 9.90 Å². The zero-order valence-electron chi connectivity index (χ0n) is 7.81. The lowest BCUT2D eigenvalue weighted by atomic mass is 10.4. The van der Waals surface area contributed by atoms with E-state index in [-0.39, 0.29) is 5.69 Å². The minimum absolute atomic E-state index is 0.118. The molecule has 1 heterocycles. The maximum Gasteiger partial charge on any atom is 0.355 e. The maximum atomic E-state index is 10.5.